The van der Waals surface area contributed by atoms with Gasteiger partial charge in [-0.25, -0.2) is 0 Å². The molecule has 0 aliphatic heterocycles. The van der Waals surface area contributed by atoms with Crippen LogP contribution >= 0.6 is 15.9 Å². The van der Waals surface area contributed by atoms with Crippen molar-refractivity contribution < 1.29 is 4.79 Å². The van der Waals surface area contributed by atoms with Crippen LogP contribution in [0.4, 0.5) is 5.69 Å². The highest BCUT2D eigenvalue weighted by molar-refractivity contribution is 9.10. The second kappa shape index (κ2) is 8.67. The Labute approximate surface area is 161 Å². The number of nitrogens with zero attached hydrogens (tertiary/aromatic N) is 2. The van der Waals surface area contributed by atoms with E-state index in [1.54, 1.807) is 13.2 Å². The third-order valence-electron chi connectivity index (χ3n) is 4.13. The number of rotatable bonds is 7. The maximum atomic E-state index is 11.5. The first kappa shape index (κ1) is 18.2. The number of carbonyl (C=O) groups excluding carboxylic acids is 1. The summed E-state index contributed by atoms with van der Waals surface area (Å²) in [6.07, 6.45) is 4.72. The van der Waals surface area contributed by atoms with Gasteiger partial charge in [-0.3, -0.25) is 9.48 Å². The zero-order chi connectivity index (χ0) is 18.4. The highest BCUT2D eigenvalue weighted by atomic mass is 79.9. The summed E-state index contributed by atoms with van der Waals surface area (Å²) in [6.45, 7) is 1.57. The Hall–Kier alpha value is -2.60. The quantitative estimate of drug-likeness (QED) is 0.619. The average molecular weight is 413 g/mol. The van der Waals surface area contributed by atoms with Gasteiger partial charge < -0.3 is 10.6 Å². The van der Waals surface area contributed by atoms with E-state index in [0.29, 0.717) is 12.1 Å². The standard InChI is InChI=1S/C20H21BrN4O/c1-22-20(26)17-6-2-16(3-7-17)12-23-19-8-4-15(5-9-19)10-11-25-14-18(21)13-24-25/h2-9,13-14,23H,10-12H2,1H3,(H,22,26). The molecule has 6 heteroatoms. The maximum Gasteiger partial charge on any atom is 0.251 e. The van der Waals surface area contributed by atoms with Crippen molar-refractivity contribution in [1.82, 2.24) is 15.1 Å². The number of aryl methyl sites for hydroxylation is 2. The summed E-state index contributed by atoms with van der Waals surface area (Å²) < 4.78 is 2.93. The summed E-state index contributed by atoms with van der Waals surface area (Å²) in [5, 5.41) is 10.3. The lowest BCUT2D eigenvalue weighted by atomic mass is 10.1. The van der Waals surface area contributed by atoms with Gasteiger partial charge in [0.1, 0.15) is 0 Å². The zero-order valence-electron chi connectivity index (χ0n) is 14.6. The van der Waals surface area contributed by atoms with Crippen LogP contribution in [-0.4, -0.2) is 22.7 Å². The van der Waals surface area contributed by atoms with Gasteiger partial charge in [0, 0.05) is 37.6 Å². The lowest BCUT2D eigenvalue weighted by Gasteiger charge is -2.09. The largest absolute Gasteiger partial charge is 0.381 e. The highest BCUT2D eigenvalue weighted by Crippen LogP contribution is 2.13. The summed E-state index contributed by atoms with van der Waals surface area (Å²) in [6, 6.07) is 16.1. The molecule has 0 unspecified atom stereocenters. The van der Waals surface area contributed by atoms with Crippen LogP contribution in [0.1, 0.15) is 21.5 Å². The van der Waals surface area contributed by atoms with Gasteiger partial charge in [0.25, 0.3) is 5.91 Å². The number of nitrogens with one attached hydrogen (secondary N) is 2. The van der Waals surface area contributed by atoms with Crippen molar-refractivity contribution in [3.05, 3.63) is 82.1 Å². The van der Waals surface area contributed by atoms with Crippen molar-refractivity contribution in [2.75, 3.05) is 12.4 Å². The Morgan fingerprint density at radius 2 is 1.77 bits per heavy atom. The summed E-state index contributed by atoms with van der Waals surface area (Å²) in [4.78, 5) is 11.5. The number of carbonyl (C=O) groups is 1. The van der Waals surface area contributed by atoms with Gasteiger partial charge in [-0.2, -0.15) is 5.10 Å². The molecule has 1 heterocycles. The van der Waals surface area contributed by atoms with Crippen molar-refractivity contribution in [3.63, 3.8) is 0 Å². The number of halogens is 1. The van der Waals surface area contributed by atoms with Crippen LogP contribution in [0.25, 0.3) is 0 Å². The van der Waals surface area contributed by atoms with Crippen LogP contribution in [0.3, 0.4) is 0 Å². The zero-order valence-corrected chi connectivity index (χ0v) is 16.2. The Kier molecular flexibility index (Phi) is 6.07. The fourth-order valence-electron chi connectivity index (χ4n) is 2.62. The van der Waals surface area contributed by atoms with E-state index in [0.717, 1.165) is 28.7 Å². The minimum Gasteiger partial charge on any atom is -0.381 e. The van der Waals surface area contributed by atoms with Gasteiger partial charge in [0.15, 0.2) is 0 Å². The molecule has 26 heavy (non-hydrogen) atoms. The van der Waals surface area contributed by atoms with E-state index in [1.807, 2.05) is 35.1 Å². The number of hydrogen-bond acceptors (Lipinski definition) is 3. The maximum absolute atomic E-state index is 11.5. The van der Waals surface area contributed by atoms with Crippen LogP contribution in [0.5, 0.6) is 0 Å². The first-order valence-electron chi connectivity index (χ1n) is 8.46. The Morgan fingerprint density at radius 1 is 1.08 bits per heavy atom. The smallest absolute Gasteiger partial charge is 0.251 e. The normalized spacial score (nSPS) is 10.5. The lowest BCUT2D eigenvalue weighted by Crippen LogP contribution is -2.17. The molecule has 1 amide bonds. The molecule has 0 bridgehead atoms. The van der Waals surface area contributed by atoms with Crippen molar-refractivity contribution in [3.8, 4) is 0 Å². The minimum atomic E-state index is -0.0671. The third-order valence-corrected chi connectivity index (χ3v) is 4.53. The fourth-order valence-corrected chi connectivity index (χ4v) is 2.94. The van der Waals surface area contributed by atoms with E-state index in [2.05, 4.69) is 55.9 Å². The number of hydrogen-bond donors (Lipinski definition) is 2. The summed E-state index contributed by atoms with van der Waals surface area (Å²) in [5.41, 5.74) is 4.15. The molecular formula is C20H21BrN4O. The molecule has 5 nitrogen and oxygen atoms in total. The average Bonchev–Trinajstić information content (AvgIpc) is 3.10. The number of anilines is 1. The van der Waals surface area contributed by atoms with E-state index in [1.165, 1.54) is 5.56 Å². The third kappa shape index (κ3) is 4.95. The first-order chi connectivity index (χ1) is 12.6. The molecule has 3 aromatic rings. The molecule has 134 valence electrons. The molecule has 0 fully saturated rings. The van der Waals surface area contributed by atoms with E-state index < -0.39 is 0 Å². The Bertz CT molecular complexity index is 856. The first-order valence-corrected chi connectivity index (χ1v) is 9.25. The van der Waals surface area contributed by atoms with Gasteiger partial charge >= 0.3 is 0 Å². The molecule has 0 aliphatic rings. The van der Waals surface area contributed by atoms with Gasteiger partial charge in [0.2, 0.25) is 0 Å². The molecule has 0 aliphatic carbocycles. The van der Waals surface area contributed by atoms with Gasteiger partial charge in [-0.1, -0.05) is 24.3 Å². The van der Waals surface area contributed by atoms with E-state index >= 15 is 0 Å². The molecule has 0 atom stereocenters. The lowest BCUT2D eigenvalue weighted by molar-refractivity contribution is 0.0963. The molecular weight excluding hydrogens is 392 g/mol. The highest BCUT2D eigenvalue weighted by Gasteiger charge is 2.02. The number of benzene rings is 2. The van der Waals surface area contributed by atoms with Gasteiger partial charge in [-0.15, -0.1) is 0 Å². The monoisotopic (exact) mass is 412 g/mol. The number of aromatic nitrogens is 2. The molecule has 2 aromatic carbocycles. The minimum absolute atomic E-state index is 0.0671. The van der Waals surface area contributed by atoms with Crippen LogP contribution in [0.2, 0.25) is 0 Å². The van der Waals surface area contributed by atoms with Crippen LogP contribution in [-0.2, 0) is 19.5 Å². The topological polar surface area (TPSA) is 59.0 Å². The number of amides is 1. The molecule has 1 aromatic heterocycles. The van der Waals surface area contributed by atoms with Crippen molar-refractivity contribution in [2.45, 2.75) is 19.5 Å². The van der Waals surface area contributed by atoms with Crippen molar-refractivity contribution in [2.24, 2.45) is 0 Å². The Morgan fingerprint density at radius 3 is 2.38 bits per heavy atom. The van der Waals surface area contributed by atoms with E-state index in [-0.39, 0.29) is 5.91 Å². The van der Waals surface area contributed by atoms with E-state index in [4.69, 9.17) is 0 Å². The predicted molar refractivity (Wildman–Crippen MR) is 107 cm³/mol. The Balaban J connectivity index is 1.50. The second-order valence-electron chi connectivity index (χ2n) is 6.00. The summed E-state index contributed by atoms with van der Waals surface area (Å²) in [5.74, 6) is -0.0671. The summed E-state index contributed by atoms with van der Waals surface area (Å²) in [7, 11) is 1.63. The molecule has 2 N–H and O–H groups in total. The van der Waals surface area contributed by atoms with Crippen LogP contribution < -0.4 is 10.6 Å². The van der Waals surface area contributed by atoms with Crippen molar-refractivity contribution >= 4 is 27.5 Å². The van der Waals surface area contributed by atoms with Gasteiger partial charge in [0.05, 0.1) is 10.7 Å². The van der Waals surface area contributed by atoms with Crippen molar-refractivity contribution in [1.29, 1.82) is 0 Å². The van der Waals surface area contributed by atoms with E-state index in [9.17, 15) is 4.79 Å². The fraction of sp³-hybridized carbons (Fsp3) is 0.200. The van der Waals surface area contributed by atoms with Crippen LogP contribution in [0.15, 0.2) is 65.4 Å². The SMILES string of the molecule is CNC(=O)c1ccc(CNc2ccc(CCn3cc(Br)cn3)cc2)cc1. The molecule has 0 spiro atoms. The molecule has 0 saturated heterocycles. The molecule has 0 saturated carbocycles. The predicted octanol–water partition coefficient (Wildman–Crippen LogP) is 3.86. The molecule has 0 radical (unpaired) electrons. The van der Waals surface area contributed by atoms with Gasteiger partial charge in [-0.05, 0) is 57.7 Å². The molecule has 3 rings (SSSR count). The van der Waals surface area contributed by atoms with Crippen LogP contribution in [0, 0.1) is 0 Å². The summed E-state index contributed by atoms with van der Waals surface area (Å²) >= 11 is 3.41. The second-order valence-corrected chi connectivity index (χ2v) is 6.91.